The zero-order valence-electron chi connectivity index (χ0n) is 12.9. The summed E-state index contributed by atoms with van der Waals surface area (Å²) in [6.45, 7) is 2.65. The molecular weight excluding hydrogens is 289 g/mol. The topological polar surface area (TPSA) is 21.3 Å². The van der Waals surface area contributed by atoms with Crippen LogP contribution >= 0.6 is 11.6 Å². The van der Waals surface area contributed by atoms with Gasteiger partial charge in [0.25, 0.3) is 0 Å². The Hall–Kier alpha value is -0.640. The molecule has 2 atom stereocenters. The summed E-state index contributed by atoms with van der Waals surface area (Å²) < 4.78 is 20.3. The minimum atomic E-state index is -0.262. The average Bonchev–Trinajstić information content (AvgIpc) is 2.50. The lowest BCUT2D eigenvalue weighted by atomic mass is 9.81. The third kappa shape index (κ3) is 4.18. The number of halogens is 2. The highest BCUT2D eigenvalue weighted by Crippen LogP contribution is 2.35. The van der Waals surface area contributed by atoms with E-state index in [1.54, 1.807) is 12.1 Å². The summed E-state index contributed by atoms with van der Waals surface area (Å²) >= 11 is 5.86. The number of benzene rings is 1. The summed E-state index contributed by atoms with van der Waals surface area (Å²) in [5.41, 5.74) is 0.644. The Morgan fingerprint density at radius 1 is 1.33 bits per heavy atom. The Balaban J connectivity index is 2.25. The van der Waals surface area contributed by atoms with Gasteiger partial charge in [0.15, 0.2) is 0 Å². The van der Waals surface area contributed by atoms with Gasteiger partial charge in [-0.15, -0.1) is 0 Å². The molecule has 0 saturated heterocycles. The molecule has 2 unspecified atom stereocenters. The molecule has 1 saturated carbocycles. The summed E-state index contributed by atoms with van der Waals surface area (Å²) in [7, 11) is 1.87. The van der Waals surface area contributed by atoms with Crippen LogP contribution in [0.5, 0.6) is 0 Å². The predicted molar refractivity (Wildman–Crippen MR) is 85.2 cm³/mol. The third-order valence-corrected chi connectivity index (χ3v) is 4.65. The highest BCUT2D eigenvalue weighted by molar-refractivity contribution is 6.30. The molecule has 2 nitrogen and oxygen atoms in total. The van der Waals surface area contributed by atoms with Crippen LogP contribution in [0.3, 0.4) is 0 Å². The number of hydrogen-bond acceptors (Lipinski definition) is 2. The van der Waals surface area contributed by atoms with Crippen molar-refractivity contribution < 1.29 is 9.13 Å². The first-order valence-electron chi connectivity index (χ1n) is 7.91. The summed E-state index contributed by atoms with van der Waals surface area (Å²) in [5, 5.41) is 3.68. The van der Waals surface area contributed by atoms with E-state index in [9.17, 15) is 4.39 Å². The Morgan fingerprint density at radius 2 is 2.05 bits per heavy atom. The lowest BCUT2D eigenvalue weighted by Gasteiger charge is -2.36. The molecule has 118 valence electrons. The van der Waals surface area contributed by atoms with Gasteiger partial charge < -0.3 is 10.1 Å². The molecule has 1 aliphatic rings. The van der Waals surface area contributed by atoms with Crippen molar-refractivity contribution in [3.8, 4) is 0 Å². The van der Waals surface area contributed by atoms with Crippen molar-refractivity contribution in [2.24, 2.45) is 5.92 Å². The van der Waals surface area contributed by atoms with Gasteiger partial charge in [-0.25, -0.2) is 4.39 Å². The van der Waals surface area contributed by atoms with Gasteiger partial charge in [0.05, 0.1) is 12.1 Å². The summed E-state index contributed by atoms with van der Waals surface area (Å²) in [6.07, 6.45) is 6.13. The van der Waals surface area contributed by atoms with Crippen LogP contribution in [0.4, 0.5) is 4.39 Å². The molecule has 0 heterocycles. The van der Waals surface area contributed by atoms with Gasteiger partial charge in [-0.05, 0) is 44.9 Å². The average molecular weight is 314 g/mol. The van der Waals surface area contributed by atoms with E-state index in [0.717, 1.165) is 12.8 Å². The molecule has 1 aromatic rings. The van der Waals surface area contributed by atoms with Gasteiger partial charge in [-0.1, -0.05) is 36.9 Å². The van der Waals surface area contributed by atoms with Crippen LogP contribution in [0, 0.1) is 11.7 Å². The fourth-order valence-corrected chi connectivity index (χ4v) is 3.57. The quantitative estimate of drug-likeness (QED) is 0.820. The summed E-state index contributed by atoms with van der Waals surface area (Å²) in [4.78, 5) is 0. The van der Waals surface area contributed by atoms with E-state index in [4.69, 9.17) is 16.3 Å². The molecule has 1 aromatic carbocycles. The maximum absolute atomic E-state index is 14.3. The second-order valence-electron chi connectivity index (χ2n) is 5.75. The summed E-state index contributed by atoms with van der Waals surface area (Å²) in [5.74, 6) is 0.230. The van der Waals surface area contributed by atoms with Gasteiger partial charge in [0.1, 0.15) is 5.82 Å². The van der Waals surface area contributed by atoms with Crippen LogP contribution in [0.2, 0.25) is 5.02 Å². The maximum atomic E-state index is 14.3. The number of nitrogens with one attached hydrogen (secondary N) is 1. The van der Waals surface area contributed by atoms with Crippen molar-refractivity contribution in [1.82, 2.24) is 5.32 Å². The molecule has 0 aromatic heterocycles. The smallest absolute Gasteiger partial charge is 0.129 e. The Labute approximate surface area is 132 Å². The molecule has 0 radical (unpaired) electrons. The van der Waals surface area contributed by atoms with Gasteiger partial charge >= 0.3 is 0 Å². The lowest BCUT2D eigenvalue weighted by Crippen LogP contribution is -2.38. The SMILES string of the molecule is CCOC(C1CCCCC1)C(NC)c1ccc(Cl)cc1F. The predicted octanol–water partition coefficient (Wildman–Crippen LogP) is 4.73. The zero-order valence-corrected chi connectivity index (χ0v) is 13.6. The molecule has 0 aliphatic heterocycles. The van der Waals surface area contributed by atoms with Crippen LogP contribution in [-0.4, -0.2) is 19.8 Å². The largest absolute Gasteiger partial charge is 0.376 e. The zero-order chi connectivity index (χ0) is 15.2. The maximum Gasteiger partial charge on any atom is 0.129 e. The first kappa shape index (κ1) is 16.7. The molecule has 0 amide bonds. The second-order valence-corrected chi connectivity index (χ2v) is 6.19. The molecule has 0 spiro atoms. The van der Waals surface area contributed by atoms with E-state index < -0.39 is 0 Å². The van der Waals surface area contributed by atoms with E-state index in [1.165, 1.54) is 25.3 Å². The monoisotopic (exact) mass is 313 g/mol. The number of rotatable bonds is 6. The van der Waals surface area contributed by atoms with Crippen molar-refractivity contribution in [2.45, 2.75) is 51.2 Å². The van der Waals surface area contributed by atoms with E-state index in [2.05, 4.69) is 5.32 Å². The van der Waals surface area contributed by atoms with Gasteiger partial charge in [0.2, 0.25) is 0 Å². The molecule has 1 fully saturated rings. The molecule has 1 N–H and O–H groups in total. The van der Waals surface area contributed by atoms with E-state index in [1.807, 2.05) is 14.0 Å². The van der Waals surface area contributed by atoms with Crippen molar-refractivity contribution in [3.05, 3.63) is 34.6 Å². The van der Waals surface area contributed by atoms with Crippen LogP contribution in [0.15, 0.2) is 18.2 Å². The fourth-order valence-electron chi connectivity index (χ4n) is 3.41. The van der Waals surface area contributed by atoms with Gasteiger partial charge in [-0.2, -0.15) is 0 Å². The molecular formula is C17H25ClFNO. The normalized spacial score (nSPS) is 19.4. The molecule has 0 bridgehead atoms. The Morgan fingerprint density at radius 3 is 2.62 bits per heavy atom. The number of ether oxygens (including phenoxy) is 1. The van der Waals surface area contributed by atoms with E-state index >= 15 is 0 Å². The lowest BCUT2D eigenvalue weighted by molar-refractivity contribution is -0.0174. The number of hydrogen-bond donors (Lipinski definition) is 1. The fraction of sp³-hybridized carbons (Fsp3) is 0.647. The highest BCUT2D eigenvalue weighted by atomic mass is 35.5. The minimum Gasteiger partial charge on any atom is -0.376 e. The van der Waals surface area contributed by atoms with E-state index in [-0.39, 0.29) is 18.0 Å². The molecule has 1 aliphatic carbocycles. The van der Waals surface area contributed by atoms with Crippen molar-refractivity contribution in [3.63, 3.8) is 0 Å². The van der Waals surface area contributed by atoms with Crippen LogP contribution in [-0.2, 0) is 4.74 Å². The van der Waals surface area contributed by atoms with Crippen LogP contribution < -0.4 is 5.32 Å². The van der Waals surface area contributed by atoms with E-state index in [0.29, 0.717) is 23.1 Å². The van der Waals surface area contributed by atoms with Gasteiger partial charge in [-0.3, -0.25) is 0 Å². The second kappa shape index (κ2) is 8.11. The highest BCUT2D eigenvalue weighted by Gasteiger charge is 2.32. The molecule has 21 heavy (non-hydrogen) atoms. The van der Waals surface area contributed by atoms with Crippen molar-refractivity contribution in [1.29, 1.82) is 0 Å². The molecule has 4 heteroatoms. The van der Waals surface area contributed by atoms with Crippen molar-refractivity contribution in [2.75, 3.05) is 13.7 Å². The van der Waals surface area contributed by atoms with Crippen molar-refractivity contribution >= 4 is 11.6 Å². The van der Waals surface area contributed by atoms with Crippen LogP contribution in [0.25, 0.3) is 0 Å². The molecule has 2 rings (SSSR count). The standard InChI is InChI=1S/C17H25ClFNO/c1-3-21-17(12-7-5-4-6-8-12)16(20-2)14-10-9-13(18)11-15(14)19/h9-12,16-17,20H,3-8H2,1-2H3. The first-order valence-corrected chi connectivity index (χ1v) is 8.29. The number of likely N-dealkylation sites (N-methyl/N-ethyl adjacent to an activating group) is 1. The summed E-state index contributed by atoms with van der Waals surface area (Å²) in [6, 6.07) is 4.76. The first-order chi connectivity index (χ1) is 10.2. The minimum absolute atomic E-state index is 0.0102. The Bertz CT molecular complexity index is 448. The Kier molecular flexibility index (Phi) is 6.46. The van der Waals surface area contributed by atoms with Crippen LogP contribution in [0.1, 0.15) is 50.6 Å². The third-order valence-electron chi connectivity index (χ3n) is 4.41. The van der Waals surface area contributed by atoms with Gasteiger partial charge in [0, 0.05) is 17.2 Å².